The number of pyridine rings is 1. The van der Waals surface area contributed by atoms with Gasteiger partial charge >= 0.3 is 0 Å². The molecule has 6 heteroatoms. The van der Waals surface area contributed by atoms with Crippen molar-refractivity contribution in [3.05, 3.63) is 23.9 Å². The first-order valence-electron chi connectivity index (χ1n) is 8.40. The van der Waals surface area contributed by atoms with E-state index in [9.17, 15) is 0 Å². The predicted octanol–water partition coefficient (Wildman–Crippen LogP) is 3.15. The molecule has 1 aromatic heterocycles. The lowest BCUT2D eigenvalue weighted by molar-refractivity contribution is 0.573. The fraction of sp³-hybridized carbons (Fsp3) is 0.647. The third kappa shape index (κ3) is 6.53. The third-order valence-electron chi connectivity index (χ3n) is 4.17. The number of aromatic nitrogens is 1. The minimum atomic E-state index is 0. The lowest BCUT2D eigenvalue weighted by atomic mass is 10.1. The van der Waals surface area contributed by atoms with Crippen LogP contribution in [0.15, 0.2) is 23.3 Å². The van der Waals surface area contributed by atoms with Crippen LogP contribution in [0, 0.1) is 0 Å². The molecule has 1 fully saturated rings. The highest BCUT2D eigenvalue weighted by atomic mass is 127. The summed E-state index contributed by atoms with van der Waals surface area (Å²) < 4.78 is 0. The average Bonchev–Trinajstić information content (AvgIpc) is 2.59. The van der Waals surface area contributed by atoms with Crippen LogP contribution in [0.4, 0.5) is 5.82 Å². The van der Waals surface area contributed by atoms with Gasteiger partial charge in [0.1, 0.15) is 5.82 Å². The Kier molecular flexibility index (Phi) is 9.28. The summed E-state index contributed by atoms with van der Waals surface area (Å²) >= 11 is 0. The van der Waals surface area contributed by atoms with Gasteiger partial charge in [-0.25, -0.2) is 4.98 Å². The van der Waals surface area contributed by atoms with E-state index >= 15 is 0 Å². The molecule has 1 unspecified atom stereocenters. The molecule has 2 rings (SSSR count). The van der Waals surface area contributed by atoms with Gasteiger partial charge in [-0.05, 0) is 50.3 Å². The van der Waals surface area contributed by atoms with E-state index in [0.717, 1.165) is 37.8 Å². The molecule has 0 aliphatic carbocycles. The van der Waals surface area contributed by atoms with E-state index in [2.05, 4.69) is 51.5 Å². The van der Waals surface area contributed by atoms with E-state index in [1.165, 1.54) is 24.8 Å². The van der Waals surface area contributed by atoms with Crippen LogP contribution in [0.1, 0.15) is 45.1 Å². The summed E-state index contributed by atoms with van der Waals surface area (Å²) in [4.78, 5) is 11.2. The van der Waals surface area contributed by atoms with Crippen molar-refractivity contribution in [3.63, 3.8) is 0 Å². The molecule has 0 radical (unpaired) electrons. The number of nitrogens with one attached hydrogen (secondary N) is 2. The molecule has 1 aromatic rings. The molecule has 0 amide bonds. The molecule has 1 saturated heterocycles. The van der Waals surface area contributed by atoms with Crippen LogP contribution in [-0.2, 0) is 6.54 Å². The fourth-order valence-corrected chi connectivity index (χ4v) is 2.58. The molecular weight excluding hydrogens is 401 g/mol. The van der Waals surface area contributed by atoms with Crippen LogP contribution in [0.2, 0.25) is 0 Å². The molecule has 0 bridgehead atoms. The van der Waals surface area contributed by atoms with Crippen molar-refractivity contribution < 1.29 is 0 Å². The fourth-order valence-electron chi connectivity index (χ4n) is 2.58. The first-order valence-corrected chi connectivity index (χ1v) is 8.40. The third-order valence-corrected chi connectivity index (χ3v) is 4.17. The highest BCUT2D eigenvalue weighted by molar-refractivity contribution is 14.0. The normalized spacial score (nSPS) is 16.5. The molecule has 2 heterocycles. The van der Waals surface area contributed by atoms with E-state index in [4.69, 9.17) is 0 Å². The monoisotopic (exact) mass is 431 g/mol. The number of nitrogens with zero attached hydrogens (tertiary/aromatic N) is 3. The summed E-state index contributed by atoms with van der Waals surface area (Å²) in [6.45, 7) is 7.34. The van der Waals surface area contributed by atoms with E-state index in [1.54, 1.807) is 0 Å². The molecule has 0 spiro atoms. The molecule has 1 atom stereocenters. The van der Waals surface area contributed by atoms with Crippen molar-refractivity contribution in [1.82, 2.24) is 15.6 Å². The Morgan fingerprint density at radius 2 is 2.09 bits per heavy atom. The number of anilines is 1. The number of piperidine rings is 1. The Balaban J connectivity index is 0.00000264. The van der Waals surface area contributed by atoms with Crippen LogP contribution < -0.4 is 15.5 Å². The number of aliphatic imine (C=N–C) groups is 1. The van der Waals surface area contributed by atoms with Crippen molar-refractivity contribution in [2.24, 2.45) is 4.99 Å². The Morgan fingerprint density at radius 1 is 1.35 bits per heavy atom. The molecule has 1 aliphatic heterocycles. The summed E-state index contributed by atoms with van der Waals surface area (Å²) in [6.07, 6.45) is 6.88. The molecule has 1 aliphatic rings. The molecule has 5 nitrogen and oxygen atoms in total. The minimum Gasteiger partial charge on any atom is -0.357 e. The van der Waals surface area contributed by atoms with E-state index in [0.29, 0.717) is 6.04 Å². The molecule has 0 aromatic carbocycles. The lowest BCUT2D eigenvalue weighted by Gasteiger charge is -2.28. The van der Waals surface area contributed by atoms with Crippen molar-refractivity contribution in [1.29, 1.82) is 0 Å². The summed E-state index contributed by atoms with van der Waals surface area (Å²) in [6, 6.07) is 4.68. The summed E-state index contributed by atoms with van der Waals surface area (Å²) in [7, 11) is 1.81. The number of guanidine groups is 1. The summed E-state index contributed by atoms with van der Waals surface area (Å²) in [5.74, 6) is 1.95. The Hall–Kier alpha value is -1.05. The van der Waals surface area contributed by atoms with Gasteiger partial charge in [-0.15, -0.1) is 24.0 Å². The molecule has 2 N–H and O–H groups in total. The van der Waals surface area contributed by atoms with Gasteiger partial charge < -0.3 is 15.5 Å². The molecule has 0 saturated carbocycles. The maximum Gasteiger partial charge on any atom is 0.191 e. The SMILES string of the molecule is CCC(C)NC(=NC)NCc1ccnc(N2CCCCC2)c1.I. The Labute approximate surface area is 157 Å². The quantitative estimate of drug-likeness (QED) is 0.427. The topological polar surface area (TPSA) is 52.6 Å². The molecule has 130 valence electrons. The summed E-state index contributed by atoms with van der Waals surface area (Å²) in [5, 5.41) is 6.75. The highest BCUT2D eigenvalue weighted by Crippen LogP contribution is 2.18. The van der Waals surface area contributed by atoms with E-state index in [1.807, 2.05) is 13.2 Å². The number of halogens is 1. The van der Waals surface area contributed by atoms with E-state index in [-0.39, 0.29) is 24.0 Å². The van der Waals surface area contributed by atoms with Gasteiger partial charge in [-0.1, -0.05) is 6.92 Å². The highest BCUT2D eigenvalue weighted by Gasteiger charge is 2.12. The van der Waals surface area contributed by atoms with Crippen molar-refractivity contribution in [3.8, 4) is 0 Å². The zero-order valence-corrected chi connectivity index (χ0v) is 16.8. The Bertz CT molecular complexity index is 486. The minimum absolute atomic E-state index is 0. The molecule has 23 heavy (non-hydrogen) atoms. The average molecular weight is 431 g/mol. The summed E-state index contributed by atoms with van der Waals surface area (Å²) in [5.41, 5.74) is 1.24. The first-order chi connectivity index (χ1) is 10.7. The largest absolute Gasteiger partial charge is 0.357 e. The van der Waals surface area contributed by atoms with Crippen LogP contribution >= 0.6 is 24.0 Å². The first kappa shape index (κ1) is 20.0. The maximum absolute atomic E-state index is 4.52. The van der Waals surface area contributed by atoms with Gasteiger partial charge in [-0.3, -0.25) is 4.99 Å². The lowest BCUT2D eigenvalue weighted by Crippen LogP contribution is -2.41. The van der Waals surface area contributed by atoms with Gasteiger partial charge in [0.15, 0.2) is 5.96 Å². The Morgan fingerprint density at radius 3 is 2.74 bits per heavy atom. The predicted molar refractivity (Wildman–Crippen MR) is 109 cm³/mol. The van der Waals surface area contributed by atoms with Crippen molar-refractivity contribution >= 4 is 35.8 Å². The second-order valence-corrected chi connectivity index (χ2v) is 5.95. The number of rotatable bonds is 5. The smallest absolute Gasteiger partial charge is 0.191 e. The van der Waals surface area contributed by atoms with Crippen molar-refractivity contribution in [2.45, 2.75) is 52.1 Å². The van der Waals surface area contributed by atoms with Gasteiger partial charge in [-0.2, -0.15) is 0 Å². The standard InChI is InChI=1S/C17H29N5.HI/c1-4-14(2)21-17(18-3)20-13-15-8-9-19-16(12-15)22-10-6-5-7-11-22;/h8-9,12,14H,4-7,10-11,13H2,1-3H3,(H2,18,20,21);1H. The van der Waals surface area contributed by atoms with Crippen LogP contribution in [0.25, 0.3) is 0 Å². The number of hydrogen-bond acceptors (Lipinski definition) is 3. The van der Waals surface area contributed by atoms with Gasteiger partial charge in [0, 0.05) is 38.9 Å². The van der Waals surface area contributed by atoms with Crippen LogP contribution in [0.3, 0.4) is 0 Å². The number of hydrogen-bond donors (Lipinski definition) is 2. The maximum atomic E-state index is 4.52. The van der Waals surface area contributed by atoms with Crippen LogP contribution in [0.5, 0.6) is 0 Å². The zero-order chi connectivity index (χ0) is 15.8. The zero-order valence-electron chi connectivity index (χ0n) is 14.5. The second kappa shape index (κ2) is 10.7. The van der Waals surface area contributed by atoms with Crippen molar-refractivity contribution in [2.75, 3.05) is 25.0 Å². The molecular formula is C17H30IN5. The second-order valence-electron chi connectivity index (χ2n) is 5.95. The van der Waals surface area contributed by atoms with Gasteiger partial charge in [0.05, 0.1) is 0 Å². The van der Waals surface area contributed by atoms with Gasteiger partial charge in [0.2, 0.25) is 0 Å². The van der Waals surface area contributed by atoms with Gasteiger partial charge in [0.25, 0.3) is 0 Å². The van der Waals surface area contributed by atoms with E-state index < -0.39 is 0 Å². The van der Waals surface area contributed by atoms with Crippen LogP contribution in [-0.4, -0.2) is 37.1 Å².